The van der Waals surface area contributed by atoms with Gasteiger partial charge in [-0.3, -0.25) is 24.0 Å². The molecule has 3 aromatic rings. The van der Waals surface area contributed by atoms with Gasteiger partial charge in [0.2, 0.25) is 5.95 Å². The van der Waals surface area contributed by atoms with Gasteiger partial charge < -0.3 is 10.6 Å². The Labute approximate surface area is 180 Å². The number of benzene rings is 1. The summed E-state index contributed by atoms with van der Waals surface area (Å²) in [7, 11) is 3.61. The summed E-state index contributed by atoms with van der Waals surface area (Å²) in [5.41, 5.74) is 2.71. The predicted octanol–water partition coefficient (Wildman–Crippen LogP) is 1.63. The van der Waals surface area contributed by atoms with E-state index < -0.39 is 0 Å². The van der Waals surface area contributed by atoms with Crippen LogP contribution in [0.4, 0.5) is 5.95 Å². The van der Waals surface area contributed by atoms with Gasteiger partial charge in [0.25, 0.3) is 5.56 Å². The molecule has 0 bridgehead atoms. The lowest BCUT2D eigenvalue weighted by Crippen LogP contribution is -2.36. The van der Waals surface area contributed by atoms with Crippen LogP contribution in [0.1, 0.15) is 22.1 Å². The molecular weight excluding hydrogens is 392 g/mol. The number of hydrogen-bond acceptors (Lipinski definition) is 7. The van der Waals surface area contributed by atoms with E-state index in [-0.39, 0.29) is 24.1 Å². The minimum Gasteiger partial charge on any atom is -0.348 e. The van der Waals surface area contributed by atoms with Crippen molar-refractivity contribution in [1.82, 2.24) is 24.8 Å². The normalized spacial score (nSPS) is 15.5. The molecule has 1 aromatic carbocycles. The number of pyridine rings is 1. The maximum atomic E-state index is 12.7. The molecule has 1 atom stereocenters. The minimum absolute atomic E-state index is 0.00169. The highest BCUT2D eigenvalue weighted by Gasteiger charge is 2.18. The molecule has 2 N–H and O–H groups in total. The third kappa shape index (κ3) is 4.47. The van der Waals surface area contributed by atoms with Crippen molar-refractivity contribution in [2.45, 2.75) is 6.17 Å². The monoisotopic (exact) mass is 414 g/mol. The van der Waals surface area contributed by atoms with Gasteiger partial charge in [-0.1, -0.05) is 30.2 Å². The summed E-state index contributed by atoms with van der Waals surface area (Å²) in [5, 5.41) is 6.13. The van der Waals surface area contributed by atoms with E-state index in [9.17, 15) is 9.59 Å². The Kier molecular flexibility index (Phi) is 5.78. The summed E-state index contributed by atoms with van der Waals surface area (Å²) < 4.78 is 1.38. The molecule has 0 spiro atoms. The molecule has 8 heteroatoms. The van der Waals surface area contributed by atoms with Crippen molar-refractivity contribution in [3.05, 3.63) is 76.3 Å². The molecule has 0 saturated heterocycles. The van der Waals surface area contributed by atoms with Crippen LogP contribution in [0.2, 0.25) is 0 Å². The number of hydrogen-bond donors (Lipinski definition) is 2. The Bertz CT molecular complexity index is 1210. The topological polar surface area (TPSA) is 92.2 Å². The number of rotatable bonds is 6. The summed E-state index contributed by atoms with van der Waals surface area (Å²) in [6.45, 7) is 0.707. The first-order valence-corrected chi connectivity index (χ1v) is 9.82. The van der Waals surface area contributed by atoms with E-state index in [1.807, 2.05) is 19.2 Å². The number of Topliss-reactive ketones (excluding diaryl/α,β-unsaturated/α-hetero) is 1. The molecule has 0 amide bonds. The molecule has 0 radical (unpaired) electrons. The SMILES string of the molecule is CN1CC#CNC1c1ccc(C(=O)CNc2nc(-c3ccncc3)cc(=O)n2C)cc1. The van der Waals surface area contributed by atoms with E-state index in [0.717, 1.165) is 11.1 Å². The second-order valence-electron chi connectivity index (χ2n) is 7.26. The number of carbonyl (C=O) groups excluding carboxylic acids is 1. The van der Waals surface area contributed by atoms with Crippen LogP contribution in [0.15, 0.2) is 59.7 Å². The summed E-state index contributed by atoms with van der Waals surface area (Å²) in [4.78, 5) is 35.6. The van der Waals surface area contributed by atoms with Gasteiger partial charge in [0.05, 0.1) is 18.8 Å². The number of aromatic nitrogens is 3. The van der Waals surface area contributed by atoms with Crippen LogP contribution in [0.25, 0.3) is 11.3 Å². The molecule has 1 unspecified atom stereocenters. The van der Waals surface area contributed by atoms with Gasteiger partial charge in [0, 0.05) is 42.7 Å². The smallest absolute Gasteiger partial charge is 0.255 e. The zero-order valence-corrected chi connectivity index (χ0v) is 17.3. The highest BCUT2D eigenvalue weighted by atomic mass is 16.1. The number of carbonyl (C=O) groups is 1. The Balaban J connectivity index is 1.47. The van der Waals surface area contributed by atoms with Crippen molar-refractivity contribution in [2.75, 3.05) is 25.5 Å². The van der Waals surface area contributed by atoms with Gasteiger partial charge in [0.15, 0.2) is 5.78 Å². The fourth-order valence-electron chi connectivity index (χ4n) is 3.30. The average molecular weight is 414 g/mol. The third-order valence-corrected chi connectivity index (χ3v) is 5.13. The highest BCUT2D eigenvalue weighted by molar-refractivity contribution is 5.98. The van der Waals surface area contributed by atoms with E-state index in [4.69, 9.17) is 0 Å². The van der Waals surface area contributed by atoms with E-state index in [1.165, 1.54) is 10.6 Å². The first-order valence-electron chi connectivity index (χ1n) is 9.82. The molecule has 0 fully saturated rings. The van der Waals surface area contributed by atoms with Crippen molar-refractivity contribution in [2.24, 2.45) is 7.05 Å². The van der Waals surface area contributed by atoms with Gasteiger partial charge >= 0.3 is 0 Å². The number of ketones is 1. The molecule has 1 aliphatic rings. The molecule has 0 aliphatic carbocycles. The fourth-order valence-corrected chi connectivity index (χ4v) is 3.30. The van der Waals surface area contributed by atoms with Crippen LogP contribution >= 0.6 is 0 Å². The fraction of sp³-hybridized carbons (Fsp3) is 0.217. The lowest BCUT2D eigenvalue weighted by Gasteiger charge is -2.28. The van der Waals surface area contributed by atoms with Crippen molar-refractivity contribution in [3.8, 4) is 23.2 Å². The molecule has 8 nitrogen and oxygen atoms in total. The van der Waals surface area contributed by atoms with E-state index >= 15 is 0 Å². The second kappa shape index (κ2) is 8.81. The molecule has 4 rings (SSSR count). The third-order valence-electron chi connectivity index (χ3n) is 5.13. The standard InChI is InChI=1S/C23H22N6O2/c1-28-13-3-10-25-22(28)18-6-4-17(5-7-18)20(30)15-26-23-27-19(14-21(31)29(23)2)16-8-11-24-12-9-16/h4-9,11-12,14,22,25H,13,15H2,1-2H3,(H,26,27). The quantitative estimate of drug-likeness (QED) is 0.468. The Morgan fingerprint density at radius 2 is 1.94 bits per heavy atom. The van der Waals surface area contributed by atoms with Crippen LogP contribution in [-0.4, -0.2) is 45.4 Å². The number of anilines is 1. The van der Waals surface area contributed by atoms with E-state index in [0.29, 0.717) is 23.8 Å². The van der Waals surface area contributed by atoms with Crippen molar-refractivity contribution >= 4 is 11.7 Å². The summed E-state index contributed by atoms with van der Waals surface area (Å²) in [6, 6.07) is 15.4. The minimum atomic E-state index is -0.215. The highest BCUT2D eigenvalue weighted by Crippen LogP contribution is 2.19. The first-order chi connectivity index (χ1) is 15.0. The van der Waals surface area contributed by atoms with Crippen molar-refractivity contribution in [1.29, 1.82) is 0 Å². The molecule has 31 heavy (non-hydrogen) atoms. The van der Waals surface area contributed by atoms with Gasteiger partial charge in [-0.15, -0.1) is 0 Å². The van der Waals surface area contributed by atoms with Crippen molar-refractivity contribution < 1.29 is 4.79 Å². The van der Waals surface area contributed by atoms with Gasteiger partial charge in [-0.05, 0) is 24.7 Å². The molecule has 156 valence electrons. The largest absolute Gasteiger partial charge is 0.348 e. The van der Waals surface area contributed by atoms with E-state index in [2.05, 4.69) is 37.5 Å². The number of nitrogens with one attached hydrogen (secondary N) is 2. The van der Waals surface area contributed by atoms with E-state index in [1.54, 1.807) is 43.7 Å². The van der Waals surface area contributed by atoms with Gasteiger partial charge in [-0.2, -0.15) is 0 Å². The van der Waals surface area contributed by atoms with Crippen molar-refractivity contribution in [3.63, 3.8) is 0 Å². The first kappa shape index (κ1) is 20.3. The van der Waals surface area contributed by atoms with Crippen LogP contribution in [-0.2, 0) is 7.05 Å². The summed E-state index contributed by atoms with van der Waals surface area (Å²) in [5.74, 6) is 3.22. The zero-order valence-electron chi connectivity index (χ0n) is 17.3. The summed E-state index contributed by atoms with van der Waals surface area (Å²) in [6.07, 6.45) is 3.28. The lowest BCUT2D eigenvalue weighted by molar-refractivity contribution is 0.101. The maximum absolute atomic E-state index is 12.7. The Morgan fingerprint density at radius 1 is 1.19 bits per heavy atom. The predicted molar refractivity (Wildman–Crippen MR) is 118 cm³/mol. The molecule has 1 aliphatic heterocycles. The molecular formula is C23H22N6O2. The summed E-state index contributed by atoms with van der Waals surface area (Å²) >= 11 is 0. The Morgan fingerprint density at radius 3 is 2.65 bits per heavy atom. The van der Waals surface area contributed by atoms with Crippen LogP contribution < -0.4 is 16.2 Å². The Hall–Kier alpha value is -3.96. The second-order valence-corrected chi connectivity index (χ2v) is 7.26. The maximum Gasteiger partial charge on any atom is 0.255 e. The molecule has 2 aromatic heterocycles. The lowest BCUT2D eigenvalue weighted by atomic mass is 10.1. The number of nitrogens with zero attached hydrogens (tertiary/aromatic N) is 4. The average Bonchev–Trinajstić information content (AvgIpc) is 2.81. The molecule has 3 heterocycles. The zero-order chi connectivity index (χ0) is 21.8. The molecule has 0 saturated carbocycles. The van der Waals surface area contributed by atoms with Gasteiger partial charge in [0.1, 0.15) is 6.17 Å². The van der Waals surface area contributed by atoms with Gasteiger partial charge in [-0.25, -0.2) is 4.98 Å². The van der Waals surface area contributed by atoms with Crippen LogP contribution in [0.3, 0.4) is 0 Å². The van der Waals surface area contributed by atoms with Crippen LogP contribution in [0.5, 0.6) is 0 Å². The van der Waals surface area contributed by atoms with Crippen LogP contribution in [0, 0.1) is 12.0 Å².